The van der Waals surface area contributed by atoms with Gasteiger partial charge in [0.2, 0.25) is 5.91 Å². The van der Waals surface area contributed by atoms with Crippen molar-refractivity contribution in [3.63, 3.8) is 0 Å². The molecule has 32 heavy (non-hydrogen) atoms. The molecule has 3 aromatic carbocycles. The van der Waals surface area contributed by atoms with Crippen molar-refractivity contribution in [1.82, 2.24) is 9.55 Å². The lowest BCUT2D eigenvalue weighted by Crippen LogP contribution is -2.24. The Bertz CT molecular complexity index is 1280. The summed E-state index contributed by atoms with van der Waals surface area (Å²) in [6.45, 7) is 1.21. The van der Waals surface area contributed by atoms with Crippen molar-refractivity contribution in [2.75, 3.05) is 25.7 Å². The van der Waals surface area contributed by atoms with Crippen LogP contribution in [0.2, 0.25) is 0 Å². The second kappa shape index (κ2) is 8.38. The first kappa shape index (κ1) is 20.1. The molecular weight excluding hydrogens is 402 g/mol. The molecule has 6 heteroatoms. The molecule has 162 valence electrons. The molecule has 0 aliphatic carbocycles. The Morgan fingerprint density at radius 1 is 0.969 bits per heavy atom. The van der Waals surface area contributed by atoms with Gasteiger partial charge in [0, 0.05) is 36.2 Å². The average Bonchev–Trinajstić information content (AvgIpc) is 3.40. The molecule has 1 saturated heterocycles. The first-order valence-electron chi connectivity index (χ1n) is 10.7. The van der Waals surface area contributed by atoms with E-state index in [4.69, 9.17) is 14.5 Å². The summed E-state index contributed by atoms with van der Waals surface area (Å²) in [6.07, 6.45) is 0.423. The van der Waals surface area contributed by atoms with Crippen LogP contribution in [-0.4, -0.2) is 36.2 Å². The molecule has 0 bridgehead atoms. The Hall–Kier alpha value is -3.80. The molecule has 0 radical (unpaired) electrons. The largest absolute Gasteiger partial charge is 0.497 e. The number of nitrogens with zero attached hydrogens (tertiary/aromatic N) is 3. The maximum Gasteiger partial charge on any atom is 0.227 e. The SMILES string of the molecule is COc1cccc(N2C[C@@H](c3nc4ccccc4n3Cc3ccccc3OC)CC2=O)c1. The summed E-state index contributed by atoms with van der Waals surface area (Å²) in [5.74, 6) is 2.60. The summed E-state index contributed by atoms with van der Waals surface area (Å²) < 4.78 is 13.1. The van der Waals surface area contributed by atoms with Crippen molar-refractivity contribution in [2.24, 2.45) is 0 Å². The van der Waals surface area contributed by atoms with E-state index in [0.717, 1.165) is 39.6 Å². The van der Waals surface area contributed by atoms with E-state index in [1.165, 1.54) is 0 Å². The molecule has 1 aliphatic heterocycles. The standard InChI is InChI=1S/C26H25N3O3/c1-31-21-10-7-9-20(15-21)28-17-19(14-25(28)30)26-27-22-11-4-5-12-23(22)29(26)16-18-8-3-6-13-24(18)32-2/h3-13,15,19H,14,16-17H2,1-2H3/t19-/m0/s1. The van der Waals surface area contributed by atoms with Gasteiger partial charge in [-0.15, -0.1) is 0 Å². The Morgan fingerprint density at radius 3 is 2.62 bits per heavy atom. The number of anilines is 1. The highest BCUT2D eigenvalue weighted by molar-refractivity contribution is 5.96. The topological polar surface area (TPSA) is 56.6 Å². The number of ether oxygens (including phenoxy) is 2. The van der Waals surface area contributed by atoms with E-state index in [9.17, 15) is 4.79 Å². The number of hydrogen-bond acceptors (Lipinski definition) is 4. The van der Waals surface area contributed by atoms with Crippen molar-refractivity contribution >= 4 is 22.6 Å². The summed E-state index contributed by atoms with van der Waals surface area (Å²) in [4.78, 5) is 19.8. The number of carbonyl (C=O) groups is 1. The van der Waals surface area contributed by atoms with Crippen LogP contribution in [0.3, 0.4) is 0 Å². The van der Waals surface area contributed by atoms with Crippen LogP contribution in [0.4, 0.5) is 5.69 Å². The van der Waals surface area contributed by atoms with E-state index < -0.39 is 0 Å². The fourth-order valence-electron chi connectivity index (χ4n) is 4.48. The number of methoxy groups -OCH3 is 2. The normalized spacial score (nSPS) is 16.0. The summed E-state index contributed by atoms with van der Waals surface area (Å²) in [6, 6.07) is 23.8. The van der Waals surface area contributed by atoms with Gasteiger partial charge in [-0.3, -0.25) is 4.79 Å². The van der Waals surface area contributed by atoms with Crippen LogP contribution in [-0.2, 0) is 11.3 Å². The van der Waals surface area contributed by atoms with Crippen molar-refractivity contribution in [3.8, 4) is 11.5 Å². The van der Waals surface area contributed by atoms with Gasteiger partial charge in [0.15, 0.2) is 0 Å². The van der Waals surface area contributed by atoms with E-state index in [0.29, 0.717) is 19.5 Å². The molecule has 1 atom stereocenters. The number of amides is 1. The van der Waals surface area contributed by atoms with Crippen LogP contribution in [0.5, 0.6) is 11.5 Å². The van der Waals surface area contributed by atoms with Crippen LogP contribution in [0.15, 0.2) is 72.8 Å². The predicted molar refractivity (Wildman–Crippen MR) is 125 cm³/mol. The number of hydrogen-bond donors (Lipinski definition) is 0. The van der Waals surface area contributed by atoms with E-state index in [1.54, 1.807) is 14.2 Å². The van der Waals surface area contributed by atoms with E-state index in [2.05, 4.69) is 16.7 Å². The monoisotopic (exact) mass is 427 g/mol. The number of imidazole rings is 1. The molecular formula is C26H25N3O3. The Kier molecular flexibility index (Phi) is 5.27. The van der Waals surface area contributed by atoms with Crippen LogP contribution >= 0.6 is 0 Å². The number of rotatable bonds is 6. The molecule has 1 amide bonds. The number of carbonyl (C=O) groups excluding carboxylic acids is 1. The van der Waals surface area contributed by atoms with Crippen molar-refractivity contribution in [2.45, 2.75) is 18.9 Å². The zero-order valence-corrected chi connectivity index (χ0v) is 18.2. The first-order valence-corrected chi connectivity index (χ1v) is 10.7. The van der Waals surface area contributed by atoms with Crippen LogP contribution in [0.1, 0.15) is 23.7 Å². The minimum atomic E-state index is -0.00388. The third-order valence-electron chi connectivity index (χ3n) is 6.06. The lowest BCUT2D eigenvalue weighted by molar-refractivity contribution is -0.117. The number of fused-ring (bicyclic) bond motifs is 1. The van der Waals surface area contributed by atoms with Gasteiger partial charge < -0.3 is 18.9 Å². The van der Waals surface area contributed by atoms with Crippen molar-refractivity contribution in [1.29, 1.82) is 0 Å². The third kappa shape index (κ3) is 3.58. The molecule has 6 nitrogen and oxygen atoms in total. The molecule has 4 aromatic rings. The average molecular weight is 428 g/mol. The molecule has 1 aromatic heterocycles. The van der Waals surface area contributed by atoms with E-state index in [1.807, 2.05) is 65.6 Å². The summed E-state index contributed by atoms with van der Waals surface area (Å²) in [5, 5.41) is 0. The molecule has 2 heterocycles. The van der Waals surface area contributed by atoms with E-state index in [-0.39, 0.29) is 11.8 Å². The lowest BCUT2D eigenvalue weighted by atomic mass is 10.1. The fraction of sp³-hybridized carbons (Fsp3) is 0.231. The van der Waals surface area contributed by atoms with Crippen molar-refractivity contribution < 1.29 is 14.3 Å². The second-order valence-corrected chi connectivity index (χ2v) is 7.96. The maximum absolute atomic E-state index is 13.0. The van der Waals surface area contributed by atoms with Gasteiger partial charge in [0.05, 0.1) is 31.8 Å². The maximum atomic E-state index is 13.0. The predicted octanol–water partition coefficient (Wildman–Crippen LogP) is 4.62. The molecule has 1 aliphatic rings. The Labute approximate surface area is 187 Å². The van der Waals surface area contributed by atoms with Gasteiger partial charge in [0.1, 0.15) is 17.3 Å². The lowest BCUT2D eigenvalue weighted by Gasteiger charge is -2.18. The van der Waals surface area contributed by atoms with Gasteiger partial charge in [-0.1, -0.05) is 36.4 Å². The molecule has 0 spiro atoms. The minimum absolute atomic E-state index is 0.00388. The summed E-state index contributed by atoms with van der Waals surface area (Å²) in [5.41, 5.74) is 3.92. The summed E-state index contributed by atoms with van der Waals surface area (Å²) >= 11 is 0. The summed E-state index contributed by atoms with van der Waals surface area (Å²) in [7, 11) is 3.32. The fourth-order valence-corrected chi connectivity index (χ4v) is 4.48. The molecule has 1 fully saturated rings. The zero-order chi connectivity index (χ0) is 22.1. The van der Waals surface area contributed by atoms with Crippen LogP contribution < -0.4 is 14.4 Å². The quantitative estimate of drug-likeness (QED) is 0.451. The van der Waals surface area contributed by atoms with Crippen LogP contribution in [0, 0.1) is 0 Å². The molecule has 0 saturated carbocycles. The highest BCUT2D eigenvalue weighted by Crippen LogP contribution is 2.35. The number of para-hydroxylation sites is 3. The van der Waals surface area contributed by atoms with Gasteiger partial charge in [-0.2, -0.15) is 0 Å². The smallest absolute Gasteiger partial charge is 0.227 e. The molecule has 0 N–H and O–H groups in total. The Morgan fingerprint density at radius 2 is 1.78 bits per heavy atom. The Balaban J connectivity index is 1.53. The third-order valence-corrected chi connectivity index (χ3v) is 6.06. The number of aromatic nitrogens is 2. The van der Waals surface area contributed by atoms with E-state index >= 15 is 0 Å². The highest BCUT2D eigenvalue weighted by atomic mass is 16.5. The van der Waals surface area contributed by atoms with Gasteiger partial charge in [-0.25, -0.2) is 4.98 Å². The highest BCUT2D eigenvalue weighted by Gasteiger charge is 2.35. The first-order chi connectivity index (χ1) is 15.7. The van der Waals surface area contributed by atoms with Gasteiger partial charge in [0.25, 0.3) is 0 Å². The molecule has 5 rings (SSSR count). The second-order valence-electron chi connectivity index (χ2n) is 7.96. The van der Waals surface area contributed by atoms with Crippen molar-refractivity contribution in [3.05, 3.63) is 84.2 Å². The number of benzene rings is 3. The van der Waals surface area contributed by atoms with Crippen LogP contribution in [0.25, 0.3) is 11.0 Å². The van der Waals surface area contributed by atoms with Gasteiger partial charge in [-0.05, 0) is 30.3 Å². The zero-order valence-electron chi connectivity index (χ0n) is 18.2. The van der Waals surface area contributed by atoms with Gasteiger partial charge >= 0.3 is 0 Å². The molecule has 0 unspecified atom stereocenters. The minimum Gasteiger partial charge on any atom is -0.497 e.